The molecule has 1 aromatic heterocycles. The van der Waals surface area contributed by atoms with Crippen LogP contribution < -0.4 is 0 Å². The molecule has 0 N–H and O–H groups in total. The Balaban J connectivity index is 2.91. The van der Waals surface area contributed by atoms with Crippen LogP contribution in [0.25, 0.3) is 0 Å². The van der Waals surface area contributed by atoms with Crippen molar-refractivity contribution in [2.45, 2.75) is 19.4 Å². The molecule has 0 unspecified atom stereocenters. The molecule has 0 radical (unpaired) electrons. The predicted molar refractivity (Wildman–Crippen MR) is 76.7 cm³/mol. The summed E-state index contributed by atoms with van der Waals surface area (Å²) in [7, 11) is -2.30. The molecule has 1 heterocycles. The highest BCUT2D eigenvalue weighted by Crippen LogP contribution is 2.12. The van der Waals surface area contributed by atoms with Gasteiger partial charge in [0.2, 0.25) is 0 Å². The topological polar surface area (TPSA) is 101 Å². The van der Waals surface area contributed by atoms with Gasteiger partial charge in [0.15, 0.2) is 0 Å². The molecule has 0 fully saturated rings. The second-order valence-corrected chi connectivity index (χ2v) is 6.34. The van der Waals surface area contributed by atoms with Crippen LogP contribution >= 0.6 is 0 Å². The van der Waals surface area contributed by atoms with E-state index in [1.54, 1.807) is 24.4 Å². The van der Waals surface area contributed by atoms with E-state index in [0.717, 1.165) is 4.31 Å². The van der Waals surface area contributed by atoms with Crippen molar-refractivity contribution in [3.8, 4) is 12.1 Å². The zero-order valence-corrected chi connectivity index (χ0v) is 12.6. The first-order valence-corrected chi connectivity index (χ1v) is 7.77. The van der Waals surface area contributed by atoms with Gasteiger partial charge in [0.05, 0.1) is 24.4 Å². The van der Waals surface area contributed by atoms with Gasteiger partial charge in [0, 0.05) is 39.2 Å². The van der Waals surface area contributed by atoms with Crippen molar-refractivity contribution < 1.29 is 8.42 Å². The second kappa shape index (κ2) is 8.32. The lowest BCUT2D eigenvalue weighted by Crippen LogP contribution is -2.42. The number of hydrogen-bond donors (Lipinski definition) is 0. The first-order chi connectivity index (χ1) is 10.0. The molecule has 0 aliphatic carbocycles. The Morgan fingerprint density at radius 1 is 1.19 bits per heavy atom. The van der Waals surface area contributed by atoms with Crippen molar-refractivity contribution in [2.24, 2.45) is 0 Å². The van der Waals surface area contributed by atoms with Crippen LogP contribution in [-0.4, -0.2) is 42.1 Å². The van der Waals surface area contributed by atoms with E-state index in [-0.39, 0.29) is 32.5 Å². The lowest BCUT2D eigenvalue weighted by molar-refractivity contribution is 0.357. The predicted octanol–water partition coefficient (Wildman–Crippen LogP) is 0.888. The van der Waals surface area contributed by atoms with E-state index < -0.39 is 10.2 Å². The zero-order valence-electron chi connectivity index (χ0n) is 11.8. The van der Waals surface area contributed by atoms with E-state index in [1.165, 1.54) is 11.4 Å². The standard InChI is InChI=1S/C13H17N5O2S/c1-17(10-4-7-14)21(19,20)18(11-5-8-15)12-13-6-2-3-9-16-13/h2-3,6,9H,4-5,10-12H2,1H3. The Morgan fingerprint density at radius 2 is 1.86 bits per heavy atom. The minimum Gasteiger partial charge on any atom is -0.260 e. The van der Waals surface area contributed by atoms with Gasteiger partial charge in [-0.1, -0.05) is 6.07 Å². The normalized spacial score (nSPS) is 11.3. The lowest BCUT2D eigenvalue weighted by atomic mass is 10.3. The highest BCUT2D eigenvalue weighted by Gasteiger charge is 2.26. The molecule has 0 aromatic carbocycles. The van der Waals surface area contributed by atoms with Gasteiger partial charge < -0.3 is 0 Å². The molecule has 0 saturated carbocycles. The molecular weight excluding hydrogens is 290 g/mol. The first kappa shape index (κ1) is 17.1. The first-order valence-electron chi connectivity index (χ1n) is 6.37. The van der Waals surface area contributed by atoms with E-state index in [0.29, 0.717) is 5.69 Å². The largest absolute Gasteiger partial charge is 0.282 e. The average Bonchev–Trinajstić information content (AvgIpc) is 2.49. The third-order valence-corrected chi connectivity index (χ3v) is 4.73. The summed E-state index contributed by atoms with van der Waals surface area (Å²) in [6.45, 7) is 0.304. The van der Waals surface area contributed by atoms with E-state index in [4.69, 9.17) is 10.5 Å². The summed E-state index contributed by atoms with van der Waals surface area (Å²) >= 11 is 0. The number of pyridine rings is 1. The molecule has 21 heavy (non-hydrogen) atoms. The number of hydrogen-bond acceptors (Lipinski definition) is 5. The number of rotatable bonds is 8. The number of aromatic nitrogens is 1. The van der Waals surface area contributed by atoms with Crippen molar-refractivity contribution in [3.05, 3.63) is 30.1 Å². The Hall–Kier alpha value is -2.00. The Morgan fingerprint density at radius 3 is 2.43 bits per heavy atom. The molecule has 0 aliphatic rings. The van der Waals surface area contributed by atoms with E-state index in [1.807, 2.05) is 12.1 Å². The Kier molecular flexibility index (Phi) is 6.76. The third-order valence-electron chi connectivity index (χ3n) is 2.80. The average molecular weight is 307 g/mol. The summed E-state index contributed by atoms with van der Waals surface area (Å²) in [4.78, 5) is 4.10. The van der Waals surface area contributed by atoms with Crippen molar-refractivity contribution >= 4 is 10.2 Å². The van der Waals surface area contributed by atoms with E-state index >= 15 is 0 Å². The summed E-state index contributed by atoms with van der Waals surface area (Å²) in [5, 5.41) is 17.2. The number of nitrogens with zero attached hydrogens (tertiary/aromatic N) is 5. The van der Waals surface area contributed by atoms with Gasteiger partial charge >= 0.3 is 0 Å². The maximum atomic E-state index is 12.5. The molecule has 0 aliphatic heterocycles. The van der Waals surface area contributed by atoms with Gasteiger partial charge in [-0.25, -0.2) is 0 Å². The van der Waals surface area contributed by atoms with Gasteiger partial charge in [-0.3, -0.25) is 4.98 Å². The Labute approximate surface area is 125 Å². The fourth-order valence-electron chi connectivity index (χ4n) is 1.64. The zero-order chi connectivity index (χ0) is 15.7. The SMILES string of the molecule is CN(CCC#N)S(=O)(=O)N(CCC#N)Cc1ccccn1. The summed E-state index contributed by atoms with van der Waals surface area (Å²) in [5.41, 5.74) is 0.604. The van der Waals surface area contributed by atoms with Crippen molar-refractivity contribution in [1.29, 1.82) is 10.5 Å². The monoisotopic (exact) mass is 307 g/mol. The van der Waals surface area contributed by atoms with Crippen LogP contribution in [0.3, 0.4) is 0 Å². The second-order valence-electron chi connectivity index (χ2n) is 4.30. The van der Waals surface area contributed by atoms with Crippen molar-refractivity contribution in [1.82, 2.24) is 13.6 Å². The van der Waals surface area contributed by atoms with Gasteiger partial charge in [-0.15, -0.1) is 0 Å². The molecule has 1 aromatic rings. The van der Waals surface area contributed by atoms with Crippen LogP contribution in [0.5, 0.6) is 0 Å². The minimum atomic E-state index is -3.72. The Bertz CT molecular complexity index is 618. The van der Waals surface area contributed by atoms with E-state index in [9.17, 15) is 8.42 Å². The van der Waals surface area contributed by atoms with Crippen LogP contribution in [0.15, 0.2) is 24.4 Å². The molecule has 0 bridgehead atoms. The molecule has 7 nitrogen and oxygen atoms in total. The maximum absolute atomic E-state index is 12.5. The van der Waals surface area contributed by atoms with Crippen LogP contribution in [0.4, 0.5) is 0 Å². The minimum absolute atomic E-state index is 0.0896. The summed E-state index contributed by atoms with van der Waals surface area (Å²) in [6.07, 6.45) is 1.80. The summed E-state index contributed by atoms with van der Waals surface area (Å²) < 4.78 is 27.2. The van der Waals surface area contributed by atoms with Crippen molar-refractivity contribution in [3.63, 3.8) is 0 Å². The van der Waals surface area contributed by atoms with Gasteiger partial charge in [0.25, 0.3) is 10.2 Å². The highest BCUT2D eigenvalue weighted by atomic mass is 32.2. The molecule has 8 heteroatoms. The van der Waals surface area contributed by atoms with Gasteiger partial charge in [0.1, 0.15) is 0 Å². The fraction of sp³-hybridized carbons (Fsp3) is 0.462. The summed E-state index contributed by atoms with van der Waals surface area (Å²) in [6, 6.07) is 9.10. The maximum Gasteiger partial charge on any atom is 0.282 e. The molecule has 0 atom stereocenters. The van der Waals surface area contributed by atoms with Crippen molar-refractivity contribution in [2.75, 3.05) is 20.1 Å². The molecule has 0 saturated heterocycles. The van der Waals surface area contributed by atoms with Gasteiger partial charge in [-0.2, -0.15) is 27.6 Å². The van der Waals surface area contributed by atoms with Crippen LogP contribution in [0.2, 0.25) is 0 Å². The third kappa shape index (κ3) is 5.12. The molecule has 112 valence electrons. The number of nitriles is 2. The van der Waals surface area contributed by atoms with E-state index in [2.05, 4.69) is 4.98 Å². The molecular formula is C13H17N5O2S. The van der Waals surface area contributed by atoms with Crippen LogP contribution in [0.1, 0.15) is 18.5 Å². The van der Waals surface area contributed by atoms with Gasteiger partial charge in [-0.05, 0) is 12.1 Å². The fourth-order valence-corrected chi connectivity index (χ4v) is 2.98. The molecule has 1 rings (SSSR count). The smallest absolute Gasteiger partial charge is 0.260 e. The molecule has 0 amide bonds. The van der Waals surface area contributed by atoms with Crippen LogP contribution in [0, 0.1) is 22.7 Å². The quantitative estimate of drug-likeness (QED) is 0.709. The lowest BCUT2D eigenvalue weighted by Gasteiger charge is -2.26. The molecule has 0 spiro atoms. The summed E-state index contributed by atoms with van der Waals surface area (Å²) in [5.74, 6) is 0. The van der Waals surface area contributed by atoms with Crippen LogP contribution in [-0.2, 0) is 16.8 Å². The highest BCUT2D eigenvalue weighted by molar-refractivity contribution is 7.86.